The molecular formula is C10H19NO2. The van der Waals surface area contributed by atoms with Crippen molar-refractivity contribution in [1.82, 2.24) is 0 Å². The quantitative estimate of drug-likeness (QED) is 0.658. The molecule has 3 nitrogen and oxygen atoms in total. The summed E-state index contributed by atoms with van der Waals surface area (Å²) >= 11 is 0. The van der Waals surface area contributed by atoms with Crippen molar-refractivity contribution >= 4 is 6.21 Å². The van der Waals surface area contributed by atoms with Crippen molar-refractivity contribution < 1.29 is 9.84 Å². The number of aliphatic hydroxyl groups is 1. The van der Waals surface area contributed by atoms with Crippen LogP contribution in [0.3, 0.4) is 0 Å². The van der Waals surface area contributed by atoms with Gasteiger partial charge in [0, 0.05) is 6.42 Å². The van der Waals surface area contributed by atoms with E-state index in [9.17, 15) is 5.11 Å². The SMILES string of the molecule is CC1(CC=N)CCC(C(C)(C)O)O1. The molecule has 2 N–H and O–H groups in total. The first-order chi connectivity index (χ1) is 5.87. The average molecular weight is 185 g/mol. The summed E-state index contributed by atoms with van der Waals surface area (Å²) in [4.78, 5) is 0. The molecule has 1 rings (SSSR count). The molecule has 0 amide bonds. The summed E-state index contributed by atoms with van der Waals surface area (Å²) in [6.07, 6.45) is 3.74. The Morgan fingerprint density at radius 3 is 2.69 bits per heavy atom. The predicted molar refractivity (Wildman–Crippen MR) is 52.2 cm³/mol. The summed E-state index contributed by atoms with van der Waals surface area (Å²) in [5, 5.41) is 16.8. The zero-order valence-electron chi connectivity index (χ0n) is 8.63. The first-order valence-corrected chi connectivity index (χ1v) is 4.76. The van der Waals surface area contributed by atoms with Crippen LogP contribution >= 0.6 is 0 Å². The van der Waals surface area contributed by atoms with Gasteiger partial charge in [0.25, 0.3) is 0 Å². The second-order valence-electron chi connectivity index (χ2n) is 4.66. The van der Waals surface area contributed by atoms with Gasteiger partial charge >= 0.3 is 0 Å². The highest BCUT2D eigenvalue weighted by atomic mass is 16.5. The zero-order chi connectivity index (χ0) is 10.1. The van der Waals surface area contributed by atoms with Gasteiger partial charge in [-0.15, -0.1) is 0 Å². The minimum Gasteiger partial charge on any atom is -0.388 e. The third-order valence-electron chi connectivity index (χ3n) is 2.68. The highest BCUT2D eigenvalue weighted by Gasteiger charge is 2.41. The molecule has 0 aromatic rings. The predicted octanol–water partition coefficient (Wildman–Crippen LogP) is 1.73. The van der Waals surface area contributed by atoms with E-state index in [-0.39, 0.29) is 11.7 Å². The van der Waals surface area contributed by atoms with Gasteiger partial charge in [-0.1, -0.05) is 0 Å². The van der Waals surface area contributed by atoms with Crippen molar-refractivity contribution in [2.24, 2.45) is 0 Å². The Balaban J connectivity index is 2.58. The lowest BCUT2D eigenvalue weighted by molar-refractivity contribution is -0.112. The molecule has 1 aliphatic heterocycles. The molecule has 76 valence electrons. The molecule has 1 aliphatic rings. The van der Waals surface area contributed by atoms with E-state index in [0.717, 1.165) is 12.8 Å². The van der Waals surface area contributed by atoms with E-state index in [1.54, 1.807) is 13.8 Å². The molecule has 1 saturated heterocycles. The van der Waals surface area contributed by atoms with Gasteiger partial charge in [0.15, 0.2) is 0 Å². The van der Waals surface area contributed by atoms with Crippen LogP contribution in [0.1, 0.15) is 40.0 Å². The molecule has 0 radical (unpaired) electrons. The molecule has 0 saturated carbocycles. The molecule has 3 heteroatoms. The lowest BCUT2D eigenvalue weighted by Crippen LogP contribution is -2.38. The average Bonchev–Trinajstić information content (AvgIpc) is 2.31. The van der Waals surface area contributed by atoms with Crippen molar-refractivity contribution in [3.05, 3.63) is 0 Å². The number of hydrogen-bond donors (Lipinski definition) is 2. The van der Waals surface area contributed by atoms with E-state index < -0.39 is 5.60 Å². The fourth-order valence-electron chi connectivity index (χ4n) is 1.76. The minimum absolute atomic E-state index is 0.0857. The van der Waals surface area contributed by atoms with Gasteiger partial charge in [-0.3, -0.25) is 0 Å². The van der Waals surface area contributed by atoms with Crippen molar-refractivity contribution in [3.63, 3.8) is 0 Å². The Bertz CT molecular complexity index is 198. The number of hydrogen-bond acceptors (Lipinski definition) is 3. The molecule has 0 bridgehead atoms. The maximum absolute atomic E-state index is 9.74. The Hall–Kier alpha value is -0.410. The smallest absolute Gasteiger partial charge is 0.0865 e. The van der Waals surface area contributed by atoms with Crippen molar-refractivity contribution in [2.45, 2.75) is 57.3 Å². The summed E-state index contributed by atoms with van der Waals surface area (Å²) < 4.78 is 5.75. The molecule has 1 heterocycles. The Morgan fingerprint density at radius 2 is 2.31 bits per heavy atom. The molecule has 2 atom stereocenters. The van der Waals surface area contributed by atoms with Crippen molar-refractivity contribution in [1.29, 1.82) is 5.41 Å². The van der Waals surface area contributed by atoms with Gasteiger partial charge in [-0.2, -0.15) is 0 Å². The van der Waals surface area contributed by atoms with Crippen LogP contribution in [0.15, 0.2) is 0 Å². The Kier molecular flexibility index (Phi) is 2.78. The number of rotatable bonds is 3. The van der Waals surface area contributed by atoms with E-state index in [2.05, 4.69) is 0 Å². The van der Waals surface area contributed by atoms with Crippen LogP contribution in [-0.2, 0) is 4.74 Å². The third kappa shape index (κ3) is 2.51. The molecule has 0 aliphatic carbocycles. The summed E-state index contributed by atoms with van der Waals surface area (Å²) in [6, 6.07) is 0. The van der Waals surface area contributed by atoms with Crippen molar-refractivity contribution in [3.8, 4) is 0 Å². The summed E-state index contributed by atoms with van der Waals surface area (Å²) in [7, 11) is 0. The Morgan fingerprint density at radius 1 is 1.69 bits per heavy atom. The number of ether oxygens (including phenoxy) is 1. The topological polar surface area (TPSA) is 53.3 Å². The molecule has 13 heavy (non-hydrogen) atoms. The van der Waals surface area contributed by atoms with Gasteiger partial charge in [0.1, 0.15) is 0 Å². The van der Waals surface area contributed by atoms with E-state index in [4.69, 9.17) is 10.1 Å². The maximum atomic E-state index is 9.74. The largest absolute Gasteiger partial charge is 0.388 e. The van der Waals surface area contributed by atoms with E-state index >= 15 is 0 Å². The first kappa shape index (κ1) is 10.7. The van der Waals surface area contributed by atoms with E-state index in [1.807, 2.05) is 6.92 Å². The van der Waals surface area contributed by atoms with Gasteiger partial charge in [0.2, 0.25) is 0 Å². The highest BCUT2D eigenvalue weighted by molar-refractivity contribution is 5.54. The van der Waals surface area contributed by atoms with Gasteiger partial charge in [0.05, 0.1) is 17.3 Å². The molecule has 0 aromatic carbocycles. The third-order valence-corrected chi connectivity index (χ3v) is 2.68. The van der Waals surface area contributed by atoms with E-state index in [1.165, 1.54) is 6.21 Å². The fourth-order valence-corrected chi connectivity index (χ4v) is 1.76. The zero-order valence-corrected chi connectivity index (χ0v) is 8.63. The highest BCUT2D eigenvalue weighted by Crippen LogP contribution is 2.36. The number of nitrogens with one attached hydrogen (secondary N) is 1. The van der Waals surface area contributed by atoms with Gasteiger partial charge in [-0.05, 0) is 39.8 Å². The molecule has 1 fully saturated rings. The monoisotopic (exact) mass is 185 g/mol. The van der Waals surface area contributed by atoms with Crippen LogP contribution in [0, 0.1) is 5.41 Å². The van der Waals surface area contributed by atoms with Gasteiger partial charge < -0.3 is 15.3 Å². The standard InChI is InChI=1S/C10H19NO2/c1-9(2,12)8-4-5-10(3,13-8)6-7-11/h7-8,11-12H,4-6H2,1-3H3. The van der Waals surface area contributed by atoms with Crippen LogP contribution in [0.2, 0.25) is 0 Å². The minimum atomic E-state index is -0.764. The normalized spacial score (nSPS) is 34.9. The van der Waals surface area contributed by atoms with Gasteiger partial charge in [-0.25, -0.2) is 0 Å². The second kappa shape index (κ2) is 3.39. The first-order valence-electron chi connectivity index (χ1n) is 4.76. The molecule has 0 spiro atoms. The van der Waals surface area contributed by atoms with Crippen LogP contribution < -0.4 is 0 Å². The fraction of sp³-hybridized carbons (Fsp3) is 0.900. The summed E-state index contributed by atoms with van der Waals surface area (Å²) in [5.74, 6) is 0. The van der Waals surface area contributed by atoms with Crippen LogP contribution in [-0.4, -0.2) is 28.6 Å². The summed E-state index contributed by atoms with van der Waals surface area (Å²) in [5.41, 5.74) is -0.994. The van der Waals surface area contributed by atoms with Crippen LogP contribution in [0.25, 0.3) is 0 Å². The lowest BCUT2D eigenvalue weighted by atomic mass is 9.95. The lowest BCUT2D eigenvalue weighted by Gasteiger charge is -2.29. The summed E-state index contributed by atoms with van der Waals surface area (Å²) in [6.45, 7) is 5.55. The van der Waals surface area contributed by atoms with E-state index in [0.29, 0.717) is 6.42 Å². The van der Waals surface area contributed by atoms with Crippen LogP contribution in [0.5, 0.6) is 0 Å². The maximum Gasteiger partial charge on any atom is 0.0865 e. The molecule has 0 aromatic heterocycles. The van der Waals surface area contributed by atoms with Crippen molar-refractivity contribution in [2.75, 3.05) is 0 Å². The second-order valence-corrected chi connectivity index (χ2v) is 4.66. The molecular weight excluding hydrogens is 166 g/mol. The Labute approximate surface area is 79.6 Å². The van der Waals surface area contributed by atoms with Crippen LogP contribution in [0.4, 0.5) is 0 Å². The molecule has 2 unspecified atom stereocenters.